The minimum absolute atomic E-state index is 0.223. The molecule has 2 heterocycles. The summed E-state index contributed by atoms with van der Waals surface area (Å²) in [5.41, 5.74) is 5.38. The zero-order chi connectivity index (χ0) is 29.5. The summed E-state index contributed by atoms with van der Waals surface area (Å²) < 4.78 is 10.3. The Balaban J connectivity index is 0.000000175. The number of aromatic nitrogens is 4. The molecule has 0 aliphatic carbocycles. The Morgan fingerprint density at radius 2 is 1.45 bits per heavy atom. The van der Waals surface area contributed by atoms with Crippen LogP contribution in [0.2, 0.25) is 20.1 Å². The summed E-state index contributed by atoms with van der Waals surface area (Å²) in [6.07, 6.45) is 5.16. The van der Waals surface area contributed by atoms with Gasteiger partial charge < -0.3 is 13.9 Å². The third kappa shape index (κ3) is 7.94. The molecule has 0 N–H and O–H groups in total. The second kappa shape index (κ2) is 14.2. The van der Waals surface area contributed by atoms with Gasteiger partial charge in [0.25, 0.3) is 0 Å². The summed E-state index contributed by atoms with van der Waals surface area (Å²) >= 11 is 24.2. The Morgan fingerprint density at radius 1 is 0.786 bits per heavy atom. The highest BCUT2D eigenvalue weighted by molar-refractivity contribution is 6.35. The quantitative estimate of drug-likeness (QED) is 0.167. The van der Waals surface area contributed by atoms with Crippen molar-refractivity contribution in [3.8, 4) is 0 Å². The van der Waals surface area contributed by atoms with Crippen molar-refractivity contribution in [2.24, 2.45) is 0 Å². The number of hydrogen-bond acceptors (Lipinski definition) is 3. The summed E-state index contributed by atoms with van der Waals surface area (Å²) in [6, 6.07) is 29.2. The van der Waals surface area contributed by atoms with E-state index in [4.69, 9.17) is 51.1 Å². The molecule has 42 heavy (non-hydrogen) atoms. The molecule has 0 fully saturated rings. The number of fused-ring (bicyclic) bond motifs is 1. The summed E-state index contributed by atoms with van der Waals surface area (Å²) in [7, 11) is 0. The highest BCUT2D eigenvalue weighted by Gasteiger charge is 2.17. The molecule has 0 amide bonds. The lowest BCUT2D eigenvalue weighted by Crippen LogP contribution is -2.12. The van der Waals surface area contributed by atoms with E-state index < -0.39 is 0 Å². The molecular formula is C33H28Cl4N4O. The van der Waals surface area contributed by atoms with Gasteiger partial charge >= 0.3 is 0 Å². The van der Waals surface area contributed by atoms with Crippen LogP contribution in [0.5, 0.6) is 0 Å². The largest absolute Gasteiger partial charge is 0.367 e. The normalized spacial score (nSPS) is 11.7. The van der Waals surface area contributed by atoms with Crippen LogP contribution in [0.1, 0.15) is 28.6 Å². The molecule has 4 aromatic carbocycles. The van der Waals surface area contributed by atoms with Gasteiger partial charge in [0.1, 0.15) is 11.9 Å². The van der Waals surface area contributed by atoms with Gasteiger partial charge in [-0.3, -0.25) is 0 Å². The molecule has 5 nitrogen and oxygen atoms in total. The first-order chi connectivity index (χ1) is 20.4. The van der Waals surface area contributed by atoms with E-state index in [-0.39, 0.29) is 6.10 Å². The molecule has 6 aromatic rings. The number of imidazole rings is 2. The van der Waals surface area contributed by atoms with Crippen LogP contribution in [-0.2, 0) is 24.4 Å². The molecule has 0 spiro atoms. The molecule has 2 aromatic heterocycles. The molecule has 1 unspecified atom stereocenters. The van der Waals surface area contributed by atoms with E-state index in [2.05, 4.69) is 32.7 Å². The van der Waals surface area contributed by atoms with E-state index in [1.807, 2.05) is 84.4 Å². The van der Waals surface area contributed by atoms with Crippen LogP contribution in [0.4, 0.5) is 0 Å². The number of para-hydroxylation sites is 2. The van der Waals surface area contributed by atoms with Crippen molar-refractivity contribution < 1.29 is 4.74 Å². The molecule has 0 radical (unpaired) electrons. The van der Waals surface area contributed by atoms with E-state index >= 15 is 0 Å². The molecule has 0 aliphatic heterocycles. The average Bonchev–Trinajstić information content (AvgIpc) is 3.61. The number of nitrogens with zero attached hydrogens (tertiary/aromatic N) is 4. The Bertz CT molecular complexity index is 1730. The number of ether oxygens (including phenoxy) is 1. The summed E-state index contributed by atoms with van der Waals surface area (Å²) in [4.78, 5) is 8.64. The van der Waals surface area contributed by atoms with Crippen LogP contribution >= 0.6 is 46.4 Å². The maximum Gasteiger partial charge on any atom is 0.107 e. The number of rotatable bonds is 8. The molecule has 214 valence electrons. The molecule has 0 saturated heterocycles. The zero-order valence-corrected chi connectivity index (χ0v) is 25.8. The summed E-state index contributed by atoms with van der Waals surface area (Å²) in [5.74, 6) is 1.03. The van der Waals surface area contributed by atoms with Crippen molar-refractivity contribution in [2.75, 3.05) is 0 Å². The SMILES string of the molecule is Cc1nc2ccccc2n1Cc1ccc(Cl)cc1.Clc1ccc(COC(Cn2ccnc2)c2ccc(Cl)cc2Cl)cc1. The molecular weight excluding hydrogens is 610 g/mol. The maximum atomic E-state index is 6.36. The van der Waals surface area contributed by atoms with Gasteiger partial charge in [-0.05, 0) is 66.6 Å². The predicted octanol–water partition coefficient (Wildman–Crippen LogP) is 9.85. The Kier molecular flexibility index (Phi) is 10.2. The van der Waals surface area contributed by atoms with Crippen molar-refractivity contribution in [1.82, 2.24) is 19.1 Å². The Morgan fingerprint density at radius 3 is 2.12 bits per heavy atom. The third-order valence-corrected chi connectivity index (χ3v) is 7.78. The predicted molar refractivity (Wildman–Crippen MR) is 173 cm³/mol. The van der Waals surface area contributed by atoms with Gasteiger partial charge in [0.2, 0.25) is 0 Å². The first-order valence-electron chi connectivity index (χ1n) is 13.3. The van der Waals surface area contributed by atoms with Gasteiger partial charge in [-0.15, -0.1) is 0 Å². The second-order valence-electron chi connectivity index (χ2n) is 9.71. The summed E-state index contributed by atoms with van der Waals surface area (Å²) in [5, 5.41) is 2.66. The van der Waals surface area contributed by atoms with Gasteiger partial charge in [0.15, 0.2) is 0 Å². The molecule has 1 atom stereocenters. The number of benzene rings is 4. The van der Waals surface area contributed by atoms with Crippen LogP contribution in [0.3, 0.4) is 0 Å². The van der Waals surface area contributed by atoms with Gasteiger partial charge in [0.05, 0.1) is 30.5 Å². The lowest BCUT2D eigenvalue weighted by atomic mass is 10.1. The second-order valence-corrected chi connectivity index (χ2v) is 11.4. The highest BCUT2D eigenvalue weighted by Crippen LogP contribution is 2.30. The molecule has 0 aliphatic rings. The molecule has 9 heteroatoms. The lowest BCUT2D eigenvalue weighted by molar-refractivity contribution is 0.0280. The van der Waals surface area contributed by atoms with Crippen molar-refractivity contribution in [3.05, 3.63) is 152 Å². The van der Waals surface area contributed by atoms with E-state index in [9.17, 15) is 0 Å². The Hall–Kier alpha value is -3.32. The zero-order valence-electron chi connectivity index (χ0n) is 22.8. The van der Waals surface area contributed by atoms with Gasteiger partial charge in [-0.2, -0.15) is 0 Å². The standard InChI is InChI=1S/C18H15Cl3N2O.C15H13ClN2/c19-14-3-1-13(2-4-14)11-24-18(10-23-8-7-22-12-23)16-6-5-15(20)9-17(16)21;1-11-17-14-4-2-3-5-15(14)18(11)10-12-6-8-13(16)9-7-12/h1-9,12,18H,10-11H2;2-9H,10H2,1H3. The van der Waals surface area contributed by atoms with Crippen LogP contribution in [0.15, 0.2) is 110 Å². The fraction of sp³-hybridized carbons (Fsp3) is 0.152. The maximum absolute atomic E-state index is 6.36. The van der Waals surface area contributed by atoms with Crippen LogP contribution in [0, 0.1) is 6.92 Å². The van der Waals surface area contributed by atoms with Crippen molar-refractivity contribution >= 4 is 57.4 Å². The van der Waals surface area contributed by atoms with Crippen LogP contribution < -0.4 is 0 Å². The van der Waals surface area contributed by atoms with E-state index in [1.165, 1.54) is 11.1 Å². The van der Waals surface area contributed by atoms with Crippen molar-refractivity contribution in [3.63, 3.8) is 0 Å². The van der Waals surface area contributed by atoms with Gasteiger partial charge in [0, 0.05) is 44.6 Å². The van der Waals surface area contributed by atoms with Crippen LogP contribution in [0.25, 0.3) is 11.0 Å². The van der Waals surface area contributed by atoms with Gasteiger partial charge in [-0.25, -0.2) is 9.97 Å². The third-order valence-electron chi connectivity index (χ3n) is 6.71. The smallest absolute Gasteiger partial charge is 0.107 e. The van der Waals surface area contributed by atoms with E-state index in [0.717, 1.165) is 34.0 Å². The number of halogens is 4. The fourth-order valence-corrected chi connectivity index (χ4v) is 5.32. The number of hydrogen-bond donors (Lipinski definition) is 0. The fourth-order valence-electron chi connectivity index (χ4n) is 4.54. The first-order valence-corrected chi connectivity index (χ1v) is 14.8. The van der Waals surface area contributed by atoms with E-state index in [1.54, 1.807) is 18.6 Å². The minimum atomic E-state index is -0.223. The van der Waals surface area contributed by atoms with E-state index in [0.29, 0.717) is 28.2 Å². The van der Waals surface area contributed by atoms with Crippen molar-refractivity contribution in [1.29, 1.82) is 0 Å². The molecule has 6 rings (SSSR count). The minimum Gasteiger partial charge on any atom is -0.367 e. The monoisotopic (exact) mass is 636 g/mol. The Labute approximate surface area is 265 Å². The topological polar surface area (TPSA) is 44.9 Å². The summed E-state index contributed by atoms with van der Waals surface area (Å²) in [6.45, 7) is 3.92. The lowest BCUT2D eigenvalue weighted by Gasteiger charge is -2.20. The highest BCUT2D eigenvalue weighted by atomic mass is 35.5. The average molecular weight is 638 g/mol. The van der Waals surface area contributed by atoms with Gasteiger partial charge in [-0.1, -0.05) is 88.9 Å². The number of aryl methyl sites for hydroxylation is 1. The van der Waals surface area contributed by atoms with Crippen LogP contribution in [-0.4, -0.2) is 19.1 Å². The van der Waals surface area contributed by atoms with Crippen molar-refractivity contribution in [2.45, 2.75) is 32.7 Å². The first kappa shape index (κ1) is 30.1. The molecule has 0 saturated carbocycles. The molecule has 0 bridgehead atoms.